The molecule has 1 aliphatic heterocycles. The van der Waals surface area contributed by atoms with Crippen molar-refractivity contribution in [3.8, 4) is 17.0 Å². The topological polar surface area (TPSA) is 79.6 Å². The van der Waals surface area contributed by atoms with Crippen molar-refractivity contribution in [2.45, 2.75) is 39.5 Å². The Kier molecular flexibility index (Phi) is 7.42. The van der Waals surface area contributed by atoms with Crippen LogP contribution in [-0.2, 0) is 29.0 Å². The predicted octanol–water partition coefficient (Wildman–Crippen LogP) is 5.44. The van der Waals surface area contributed by atoms with Gasteiger partial charge in [0.15, 0.2) is 0 Å². The van der Waals surface area contributed by atoms with E-state index >= 15 is 0 Å². The number of aromatic nitrogens is 2. The van der Waals surface area contributed by atoms with Crippen molar-refractivity contribution in [3.05, 3.63) is 95.6 Å². The fourth-order valence-electron chi connectivity index (χ4n) is 4.70. The van der Waals surface area contributed by atoms with E-state index in [-0.39, 0.29) is 17.5 Å². The van der Waals surface area contributed by atoms with Gasteiger partial charge in [0.25, 0.3) is 5.91 Å². The summed E-state index contributed by atoms with van der Waals surface area (Å²) in [5, 5.41) is 13.1. The number of carbonyl (C=O) groups excluding carboxylic acids is 1. The summed E-state index contributed by atoms with van der Waals surface area (Å²) >= 11 is 0. The number of aryl methyl sites for hydroxylation is 1. The SMILES string of the molecule is CCO[C@@H](Cc1ccc(O)cc1)C(=O)N1CCn2c(nc(-c3ccc(F)cc3)c2Nc2ccc(C)cc2)C1. The number of phenols is 1. The van der Waals surface area contributed by atoms with Gasteiger partial charge in [-0.2, -0.15) is 0 Å². The summed E-state index contributed by atoms with van der Waals surface area (Å²) in [7, 11) is 0. The highest BCUT2D eigenvalue weighted by Crippen LogP contribution is 2.33. The first-order chi connectivity index (χ1) is 18.4. The molecule has 5 rings (SSSR count). The number of hydrogen-bond donors (Lipinski definition) is 2. The fourth-order valence-corrected chi connectivity index (χ4v) is 4.70. The van der Waals surface area contributed by atoms with E-state index in [0.29, 0.717) is 38.4 Å². The van der Waals surface area contributed by atoms with Crippen molar-refractivity contribution >= 4 is 17.4 Å². The summed E-state index contributed by atoms with van der Waals surface area (Å²) in [6, 6.07) is 21.2. The van der Waals surface area contributed by atoms with Crippen molar-refractivity contribution in [2.75, 3.05) is 18.5 Å². The molecule has 2 N–H and O–H groups in total. The normalized spacial score (nSPS) is 13.7. The third-order valence-electron chi connectivity index (χ3n) is 6.72. The van der Waals surface area contributed by atoms with E-state index in [1.165, 1.54) is 12.1 Å². The molecule has 2 heterocycles. The first-order valence-corrected chi connectivity index (χ1v) is 12.8. The number of rotatable bonds is 8. The molecule has 0 bridgehead atoms. The van der Waals surface area contributed by atoms with Gasteiger partial charge in [-0.1, -0.05) is 29.8 Å². The molecule has 0 aliphatic carbocycles. The van der Waals surface area contributed by atoms with Crippen LogP contribution in [0.25, 0.3) is 11.3 Å². The van der Waals surface area contributed by atoms with Crippen LogP contribution < -0.4 is 5.32 Å². The molecule has 1 atom stereocenters. The molecule has 0 radical (unpaired) electrons. The van der Waals surface area contributed by atoms with Crippen molar-refractivity contribution in [2.24, 2.45) is 0 Å². The molecule has 4 aromatic rings. The molecule has 8 heteroatoms. The quantitative estimate of drug-likeness (QED) is 0.328. The van der Waals surface area contributed by atoms with Gasteiger partial charge in [-0.25, -0.2) is 9.37 Å². The van der Waals surface area contributed by atoms with Gasteiger partial charge in [0.05, 0.1) is 6.54 Å². The van der Waals surface area contributed by atoms with Gasteiger partial charge in [0.2, 0.25) is 0 Å². The first-order valence-electron chi connectivity index (χ1n) is 12.8. The molecule has 0 saturated heterocycles. The Morgan fingerprint density at radius 3 is 2.45 bits per heavy atom. The highest BCUT2D eigenvalue weighted by molar-refractivity contribution is 5.82. The van der Waals surface area contributed by atoms with Gasteiger partial charge in [0, 0.05) is 37.4 Å². The maximum Gasteiger partial charge on any atom is 0.252 e. The summed E-state index contributed by atoms with van der Waals surface area (Å²) < 4.78 is 21.6. The van der Waals surface area contributed by atoms with E-state index in [0.717, 1.165) is 34.0 Å². The van der Waals surface area contributed by atoms with Crippen LogP contribution in [0.4, 0.5) is 15.9 Å². The number of aromatic hydroxyl groups is 1. The number of fused-ring (bicyclic) bond motifs is 1. The number of ether oxygens (including phenoxy) is 1. The number of hydrogen-bond acceptors (Lipinski definition) is 5. The van der Waals surface area contributed by atoms with Crippen LogP contribution >= 0.6 is 0 Å². The lowest BCUT2D eigenvalue weighted by atomic mass is 10.1. The molecule has 7 nitrogen and oxygen atoms in total. The molecular weight excluding hydrogens is 483 g/mol. The number of halogens is 1. The molecule has 196 valence electrons. The van der Waals surface area contributed by atoms with Crippen LogP contribution in [0, 0.1) is 12.7 Å². The highest BCUT2D eigenvalue weighted by atomic mass is 19.1. The smallest absolute Gasteiger partial charge is 0.252 e. The lowest BCUT2D eigenvalue weighted by Crippen LogP contribution is -2.45. The number of phenolic OH excluding ortho intramolecular Hbond substituents is 1. The van der Waals surface area contributed by atoms with Crippen LogP contribution in [0.15, 0.2) is 72.8 Å². The average molecular weight is 515 g/mol. The van der Waals surface area contributed by atoms with E-state index in [1.54, 1.807) is 41.3 Å². The Bertz CT molecular complexity index is 1400. The number of amides is 1. The zero-order valence-corrected chi connectivity index (χ0v) is 21.5. The van der Waals surface area contributed by atoms with Crippen molar-refractivity contribution < 1.29 is 19.0 Å². The number of carbonyl (C=O) groups is 1. The maximum absolute atomic E-state index is 13.7. The molecule has 1 aromatic heterocycles. The lowest BCUT2D eigenvalue weighted by molar-refractivity contribution is -0.145. The number of anilines is 2. The Labute approximate surface area is 221 Å². The molecule has 0 unspecified atom stereocenters. The summed E-state index contributed by atoms with van der Waals surface area (Å²) in [4.78, 5) is 20.2. The summed E-state index contributed by atoms with van der Waals surface area (Å²) in [6.07, 6.45) is -0.216. The second kappa shape index (κ2) is 11.1. The van der Waals surface area contributed by atoms with Gasteiger partial charge < -0.3 is 24.6 Å². The van der Waals surface area contributed by atoms with E-state index < -0.39 is 6.10 Å². The molecule has 0 spiro atoms. The average Bonchev–Trinajstić information content (AvgIpc) is 3.28. The van der Waals surface area contributed by atoms with E-state index in [2.05, 4.69) is 9.88 Å². The highest BCUT2D eigenvalue weighted by Gasteiger charge is 2.31. The number of imidazole rings is 1. The van der Waals surface area contributed by atoms with Gasteiger partial charge in [-0.05, 0) is 67.9 Å². The van der Waals surface area contributed by atoms with Gasteiger partial charge in [0.1, 0.15) is 35.0 Å². The zero-order chi connectivity index (χ0) is 26.6. The van der Waals surface area contributed by atoms with Crippen LogP contribution in [0.1, 0.15) is 23.9 Å². The van der Waals surface area contributed by atoms with Crippen LogP contribution in [0.5, 0.6) is 5.75 Å². The minimum atomic E-state index is -0.632. The van der Waals surface area contributed by atoms with Crippen molar-refractivity contribution in [1.29, 1.82) is 0 Å². The monoisotopic (exact) mass is 514 g/mol. The van der Waals surface area contributed by atoms with E-state index in [9.17, 15) is 14.3 Å². The second-order valence-corrected chi connectivity index (χ2v) is 9.45. The summed E-state index contributed by atoms with van der Waals surface area (Å²) in [5.74, 6) is 1.35. The molecule has 0 saturated carbocycles. The minimum Gasteiger partial charge on any atom is -0.508 e. The third-order valence-corrected chi connectivity index (χ3v) is 6.72. The van der Waals surface area contributed by atoms with Crippen LogP contribution in [-0.4, -0.2) is 44.7 Å². The van der Waals surface area contributed by atoms with E-state index in [1.807, 2.05) is 38.1 Å². The van der Waals surface area contributed by atoms with Gasteiger partial charge in [-0.15, -0.1) is 0 Å². The fraction of sp³-hybridized carbons (Fsp3) is 0.267. The van der Waals surface area contributed by atoms with Crippen molar-refractivity contribution in [3.63, 3.8) is 0 Å². The first kappa shape index (κ1) is 25.5. The summed E-state index contributed by atoms with van der Waals surface area (Å²) in [6.45, 7) is 5.72. The summed E-state index contributed by atoms with van der Waals surface area (Å²) in [5.41, 5.74) is 4.50. The number of benzene rings is 3. The minimum absolute atomic E-state index is 0.0921. The number of nitrogens with one attached hydrogen (secondary N) is 1. The lowest BCUT2D eigenvalue weighted by Gasteiger charge is -2.31. The van der Waals surface area contributed by atoms with Crippen molar-refractivity contribution in [1.82, 2.24) is 14.5 Å². The second-order valence-electron chi connectivity index (χ2n) is 9.45. The molecule has 38 heavy (non-hydrogen) atoms. The standard InChI is InChI=1S/C30H31FN4O3/c1-3-38-26(18-21-6-14-25(36)15-7-21)30(37)34-16-17-35-27(19-34)33-28(22-8-10-23(31)11-9-22)29(35)32-24-12-4-20(2)5-13-24/h4-15,26,32,36H,3,16-19H2,1-2H3/t26-/m0/s1. The zero-order valence-electron chi connectivity index (χ0n) is 21.5. The molecular formula is C30H31FN4O3. The Morgan fingerprint density at radius 1 is 1.05 bits per heavy atom. The third kappa shape index (κ3) is 5.55. The maximum atomic E-state index is 13.7. The number of nitrogens with zero attached hydrogens (tertiary/aromatic N) is 3. The van der Waals surface area contributed by atoms with Crippen LogP contribution in [0.2, 0.25) is 0 Å². The Morgan fingerprint density at radius 2 is 1.76 bits per heavy atom. The van der Waals surface area contributed by atoms with Gasteiger partial charge in [-0.3, -0.25) is 4.79 Å². The van der Waals surface area contributed by atoms with E-state index in [4.69, 9.17) is 9.72 Å². The Hall–Kier alpha value is -4.17. The molecule has 0 fully saturated rings. The molecule has 1 amide bonds. The molecule has 1 aliphatic rings. The predicted molar refractivity (Wildman–Crippen MR) is 145 cm³/mol. The molecule has 3 aromatic carbocycles. The van der Waals surface area contributed by atoms with Gasteiger partial charge >= 0.3 is 0 Å². The Balaban J connectivity index is 1.43. The largest absolute Gasteiger partial charge is 0.508 e. The van der Waals surface area contributed by atoms with Crippen LogP contribution in [0.3, 0.4) is 0 Å².